The van der Waals surface area contributed by atoms with E-state index in [4.69, 9.17) is 5.73 Å². The van der Waals surface area contributed by atoms with E-state index in [1.54, 1.807) is 26.0 Å². The van der Waals surface area contributed by atoms with Gasteiger partial charge in [0.1, 0.15) is 11.6 Å². The van der Waals surface area contributed by atoms with Crippen LogP contribution in [0.1, 0.15) is 58.7 Å². The van der Waals surface area contributed by atoms with E-state index in [1.165, 1.54) is 0 Å². The van der Waals surface area contributed by atoms with E-state index in [9.17, 15) is 36.7 Å². The smallest absolute Gasteiger partial charge is 0.306 e. The Bertz CT molecular complexity index is 1910. The van der Waals surface area contributed by atoms with Gasteiger partial charge < -0.3 is 30.9 Å². The topological polar surface area (TPSA) is 185 Å². The zero-order chi connectivity index (χ0) is 35.4. The van der Waals surface area contributed by atoms with Crippen LogP contribution < -0.4 is 20.9 Å². The van der Waals surface area contributed by atoms with Crippen LogP contribution in [0.5, 0.6) is 0 Å². The highest BCUT2D eigenvalue weighted by Gasteiger charge is 2.48. The van der Waals surface area contributed by atoms with Gasteiger partial charge in [-0.25, -0.2) is 17.2 Å². The number of carbonyl (C=O) groups excluding carboxylic acids is 2. The average molecular weight is 701 g/mol. The lowest BCUT2D eigenvalue weighted by Gasteiger charge is -2.39. The van der Waals surface area contributed by atoms with Crippen molar-refractivity contribution < 1.29 is 36.7 Å². The zero-order valence-corrected chi connectivity index (χ0v) is 28.1. The number of hydrogen-bond acceptors (Lipinski definition) is 9. The number of hydrogen-bond donors (Lipinski definition) is 4. The van der Waals surface area contributed by atoms with Crippen LogP contribution in [0.15, 0.2) is 35.2 Å². The van der Waals surface area contributed by atoms with Crippen LogP contribution in [0.3, 0.4) is 0 Å². The summed E-state index contributed by atoms with van der Waals surface area (Å²) in [6, 6.07) is 5.25. The van der Waals surface area contributed by atoms with Crippen molar-refractivity contribution in [1.29, 1.82) is 0 Å². The maximum Gasteiger partial charge on any atom is 0.306 e. The van der Waals surface area contributed by atoms with Crippen molar-refractivity contribution in [1.82, 2.24) is 19.4 Å². The summed E-state index contributed by atoms with van der Waals surface area (Å²) in [5.74, 6) is -4.96. The van der Waals surface area contributed by atoms with Gasteiger partial charge in [0.15, 0.2) is 5.82 Å². The summed E-state index contributed by atoms with van der Waals surface area (Å²) < 4.78 is 56.2. The van der Waals surface area contributed by atoms with E-state index < -0.39 is 55.8 Å². The molecule has 1 aromatic heterocycles. The molecular formula is C32H38F2N8O6S. The predicted molar refractivity (Wildman–Crippen MR) is 176 cm³/mol. The minimum absolute atomic E-state index is 0.0126. The van der Waals surface area contributed by atoms with Gasteiger partial charge in [0.05, 0.1) is 44.5 Å². The van der Waals surface area contributed by atoms with E-state index in [1.807, 2.05) is 11.9 Å². The zero-order valence-electron chi connectivity index (χ0n) is 27.3. The Kier molecular flexibility index (Phi) is 8.87. The Morgan fingerprint density at radius 1 is 0.939 bits per heavy atom. The highest BCUT2D eigenvalue weighted by molar-refractivity contribution is 7.89. The summed E-state index contributed by atoms with van der Waals surface area (Å²) in [6.07, 6.45) is 0.820. The average Bonchev–Trinajstić information content (AvgIpc) is 3.57. The minimum Gasteiger partial charge on any atom is -0.481 e. The molecule has 262 valence electrons. The Labute approximate surface area is 281 Å². The first-order valence-electron chi connectivity index (χ1n) is 15.8. The molecule has 0 spiro atoms. The summed E-state index contributed by atoms with van der Waals surface area (Å²) in [4.78, 5) is 44.2. The van der Waals surface area contributed by atoms with Crippen molar-refractivity contribution in [3.05, 3.63) is 64.4 Å². The lowest BCUT2D eigenvalue weighted by molar-refractivity contribution is -0.142. The number of carbonyl (C=O) groups is 3. The van der Waals surface area contributed by atoms with Crippen molar-refractivity contribution in [3.63, 3.8) is 0 Å². The first kappa shape index (κ1) is 34.3. The second-order valence-electron chi connectivity index (χ2n) is 13.2. The third-order valence-electron chi connectivity index (χ3n) is 9.71. The van der Waals surface area contributed by atoms with Crippen molar-refractivity contribution >= 4 is 45.0 Å². The molecular weight excluding hydrogens is 662 g/mol. The maximum atomic E-state index is 14.0. The molecule has 0 bridgehead atoms. The highest BCUT2D eigenvalue weighted by Crippen LogP contribution is 2.44. The van der Waals surface area contributed by atoms with E-state index in [-0.39, 0.29) is 23.5 Å². The third kappa shape index (κ3) is 6.33. The number of piperazine rings is 1. The number of carboxylic acids is 1. The molecule has 0 aliphatic carbocycles. The fourth-order valence-corrected chi connectivity index (χ4v) is 8.62. The third-order valence-corrected chi connectivity index (χ3v) is 11.7. The van der Waals surface area contributed by atoms with Crippen LogP contribution in [0, 0.1) is 17.6 Å². The second kappa shape index (κ2) is 12.7. The lowest BCUT2D eigenvalue weighted by atomic mass is 9.95. The number of nitrogens with zero attached hydrogens (tertiary/aromatic N) is 5. The number of sulfonamides is 1. The Morgan fingerprint density at radius 2 is 1.51 bits per heavy atom. The number of H-pyrrole nitrogens is 1. The normalized spacial score (nSPS) is 18.8. The van der Waals surface area contributed by atoms with Crippen molar-refractivity contribution in [2.24, 2.45) is 11.7 Å². The van der Waals surface area contributed by atoms with Gasteiger partial charge >= 0.3 is 5.97 Å². The number of piperidine rings is 1. The number of primary amides is 1. The molecule has 0 radical (unpaired) electrons. The van der Waals surface area contributed by atoms with E-state index in [0.29, 0.717) is 67.7 Å². The summed E-state index contributed by atoms with van der Waals surface area (Å²) in [5.41, 5.74) is 6.60. The molecule has 2 aromatic carbocycles. The fraction of sp³-hybridized carbons (Fsp3) is 0.438. The number of benzene rings is 2. The van der Waals surface area contributed by atoms with Crippen LogP contribution in [0.4, 0.5) is 26.0 Å². The molecule has 3 aliphatic heterocycles. The highest BCUT2D eigenvalue weighted by atomic mass is 32.2. The standard InChI is InChI=1S/C32H38F2N8O6S/c1-32(2)27-24(17-42(32)49(47,48)21-13-19(33)12-20(34)14-21)29(38-37-27)36-30(44)23-16-26(40-6-4-18(5-7-40)31(45)46)25(15-22(23)28(35)43)41-10-8-39(3)9-11-41/h12-16,18H,4-11,17H2,1-3H3,(H2,35,43)(H,45,46)(H2,36,37,38,44). The van der Waals surface area contributed by atoms with Crippen LogP contribution in [-0.4, -0.2) is 97.0 Å². The first-order chi connectivity index (χ1) is 23.1. The second-order valence-corrected chi connectivity index (χ2v) is 15.1. The van der Waals surface area contributed by atoms with E-state index >= 15 is 0 Å². The number of nitrogens with two attached hydrogens (primary N) is 1. The van der Waals surface area contributed by atoms with E-state index in [0.717, 1.165) is 29.5 Å². The van der Waals surface area contributed by atoms with Crippen LogP contribution in [0.2, 0.25) is 0 Å². The Balaban J connectivity index is 1.34. The van der Waals surface area contributed by atoms with Gasteiger partial charge in [-0.15, -0.1) is 0 Å². The molecule has 2 amide bonds. The number of aromatic amines is 1. The van der Waals surface area contributed by atoms with Gasteiger partial charge in [0.2, 0.25) is 15.9 Å². The number of aliphatic carboxylic acids is 1. The number of carboxylic acid groups (broad SMARTS) is 1. The lowest BCUT2D eigenvalue weighted by Crippen LogP contribution is -2.45. The van der Waals surface area contributed by atoms with Crippen molar-refractivity contribution in [2.45, 2.75) is 43.7 Å². The summed E-state index contributed by atoms with van der Waals surface area (Å²) >= 11 is 0. The van der Waals surface area contributed by atoms with Crippen LogP contribution in [0.25, 0.3) is 0 Å². The largest absolute Gasteiger partial charge is 0.481 e. The molecule has 2 saturated heterocycles. The molecule has 2 fully saturated rings. The van der Waals surface area contributed by atoms with Crippen LogP contribution >= 0.6 is 0 Å². The number of rotatable bonds is 8. The molecule has 17 heteroatoms. The molecule has 0 atom stereocenters. The molecule has 3 aromatic rings. The van der Waals surface area contributed by atoms with E-state index in [2.05, 4.69) is 25.3 Å². The maximum absolute atomic E-state index is 14.0. The molecule has 3 aliphatic rings. The first-order valence-corrected chi connectivity index (χ1v) is 17.3. The number of halogens is 2. The van der Waals surface area contributed by atoms with Crippen LogP contribution in [-0.2, 0) is 26.9 Å². The van der Waals surface area contributed by atoms with Crippen molar-refractivity contribution in [2.75, 3.05) is 61.4 Å². The van der Waals surface area contributed by atoms with Gasteiger partial charge in [0, 0.05) is 57.4 Å². The minimum atomic E-state index is -4.41. The number of aromatic nitrogens is 2. The van der Waals surface area contributed by atoms with Gasteiger partial charge in [-0.2, -0.15) is 9.40 Å². The number of likely N-dealkylation sites (N-methyl/N-ethyl adjacent to an activating group) is 1. The number of anilines is 3. The fourth-order valence-electron chi connectivity index (χ4n) is 6.85. The van der Waals surface area contributed by atoms with Gasteiger partial charge in [-0.3, -0.25) is 19.5 Å². The molecule has 5 N–H and O–H groups in total. The van der Waals surface area contributed by atoms with Gasteiger partial charge in [-0.05, 0) is 58.0 Å². The SMILES string of the molecule is CN1CCN(c2cc(C(N)=O)c(C(=O)Nc3n[nH]c4c3CN(S(=O)(=O)c3cc(F)cc(F)c3)C4(C)C)cc2N2CCC(C(=O)O)CC2)CC1. The number of amides is 2. The van der Waals surface area contributed by atoms with Gasteiger partial charge in [-0.1, -0.05) is 0 Å². The number of fused-ring (bicyclic) bond motifs is 1. The Hall–Kier alpha value is -4.61. The monoisotopic (exact) mass is 700 g/mol. The quantitative estimate of drug-likeness (QED) is 0.272. The molecule has 49 heavy (non-hydrogen) atoms. The number of nitrogens with one attached hydrogen (secondary N) is 2. The molecule has 14 nitrogen and oxygen atoms in total. The molecule has 0 saturated carbocycles. The molecule has 0 unspecified atom stereocenters. The molecule has 6 rings (SSSR count). The molecule has 4 heterocycles. The van der Waals surface area contributed by atoms with Crippen molar-refractivity contribution in [3.8, 4) is 0 Å². The summed E-state index contributed by atoms with van der Waals surface area (Å²) in [6.45, 7) is 6.64. The summed E-state index contributed by atoms with van der Waals surface area (Å²) in [5, 5.41) is 19.3. The predicted octanol–water partition coefficient (Wildman–Crippen LogP) is 2.53. The van der Waals surface area contributed by atoms with Gasteiger partial charge in [0.25, 0.3) is 5.91 Å². The summed E-state index contributed by atoms with van der Waals surface area (Å²) in [7, 11) is -2.40. The Morgan fingerprint density at radius 3 is 2.08 bits per heavy atom.